The molecule has 1 unspecified atom stereocenters. The van der Waals surface area contributed by atoms with Crippen molar-refractivity contribution in [3.05, 3.63) is 30.1 Å². The van der Waals surface area contributed by atoms with Gasteiger partial charge in [-0.15, -0.1) is 0 Å². The van der Waals surface area contributed by atoms with Gasteiger partial charge >= 0.3 is 0 Å². The van der Waals surface area contributed by atoms with Crippen LogP contribution in [0.15, 0.2) is 24.3 Å². The first-order valence-corrected chi connectivity index (χ1v) is 9.56. The lowest BCUT2D eigenvalue weighted by Gasteiger charge is -2.49. The summed E-state index contributed by atoms with van der Waals surface area (Å²) in [7, 11) is 6.26. The van der Waals surface area contributed by atoms with Crippen molar-refractivity contribution in [3.63, 3.8) is 0 Å². The van der Waals surface area contributed by atoms with E-state index in [1.54, 1.807) is 0 Å². The number of hydrogen-bond donors (Lipinski definition) is 0. The lowest BCUT2D eigenvalue weighted by Crippen LogP contribution is -2.60. The summed E-state index contributed by atoms with van der Waals surface area (Å²) in [6.45, 7) is 4.81. The Balaban J connectivity index is 1.54. The number of rotatable bonds is 2. The molecule has 6 heteroatoms. The van der Waals surface area contributed by atoms with Crippen LogP contribution in [-0.4, -0.2) is 76.0 Å². The third-order valence-corrected chi connectivity index (χ3v) is 6.47. The number of carbonyl (C=O) groups excluding carboxylic acids is 1. The van der Waals surface area contributed by atoms with E-state index in [0.717, 1.165) is 56.9 Å². The van der Waals surface area contributed by atoms with Gasteiger partial charge in [-0.3, -0.25) is 14.6 Å². The smallest absolute Gasteiger partial charge is 0.222 e. The molecule has 1 atom stereocenters. The topological polar surface area (TPSA) is 44.6 Å². The molecule has 0 radical (unpaired) electrons. The molecule has 0 aliphatic carbocycles. The van der Waals surface area contributed by atoms with Crippen LogP contribution in [0.5, 0.6) is 0 Å². The maximum atomic E-state index is 12.1. The van der Waals surface area contributed by atoms with E-state index in [-0.39, 0.29) is 11.4 Å². The van der Waals surface area contributed by atoms with E-state index in [9.17, 15) is 4.79 Å². The van der Waals surface area contributed by atoms with Gasteiger partial charge in [-0.05, 0) is 32.0 Å². The number of aromatic nitrogens is 2. The van der Waals surface area contributed by atoms with Crippen LogP contribution in [0.3, 0.4) is 0 Å². The lowest BCUT2D eigenvalue weighted by molar-refractivity contribution is -0.129. The van der Waals surface area contributed by atoms with Crippen LogP contribution in [0.4, 0.5) is 0 Å². The lowest BCUT2D eigenvalue weighted by atomic mass is 9.86. The fourth-order valence-corrected chi connectivity index (χ4v) is 4.51. The normalized spacial score (nSPS) is 26.0. The Morgan fingerprint density at radius 3 is 2.69 bits per heavy atom. The predicted molar refractivity (Wildman–Crippen MR) is 103 cm³/mol. The third kappa shape index (κ3) is 3.01. The van der Waals surface area contributed by atoms with Crippen molar-refractivity contribution >= 4 is 16.9 Å². The van der Waals surface area contributed by atoms with Crippen molar-refractivity contribution in [1.29, 1.82) is 0 Å². The van der Waals surface area contributed by atoms with Gasteiger partial charge in [-0.2, -0.15) is 0 Å². The highest BCUT2D eigenvalue weighted by molar-refractivity contribution is 5.76. The van der Waals surface area contributed by atoms with Gasteiger partial charge < -0.3 is 9.47 Å². The number of likely N-dealkylation sites (N-methyl/N-ethyl adjacent to an activating group) is 1. The van der Waals surface area contributed by atoms with Crippen LogP contribution < -0.4 is 0 Å². The molecule has 3 heterocycles. The number of carbonyl (C=O) groups is 1. The van der Waals surface area contributed by atoms with E-state index in [4.69, 9.17) is 4.98 Å². The van der Waals surface area contributed by atoms with Crippen molar-refractivity contribution in [2.24, 2.45) is 7.05 Å². The highest BCUT2D eigenvalue weighted by Gasteiger charge is 2.41. The number of amides is 1. The third-order valence-electron chi connectivity index (χ3n) is 6.47. The Kier molecular flexibility index (Phi) is 4.49. The van der Waals surface area contributed by atoms with Crippen LogP contribution in [-0.2, 0) is 18.4 Å². The fourth-order valence-electron chi connectivity index (χ4n) is 4.51. The molecule has 2 fully saturated rings. The Morgan fingerprint density at radius 1 is 1.08 bits per heavy atom. The summed E-state index contributed by atoms with van der Waals surface area (Å²) < 4.78 is 2.21. The molecular formula is C20H29N5O. The summed E-state index contributed by atoms with van der Waals surface area (Å²) in [6.07, 6.45) is 2.65. The van der Waals surface area contributed by atoms with Gasteiger partial charge in [0, 0.05) is 52.2 Å². The zero-order valence-corrected chi connectivity index (χ0v) is 16.1. The van der Waals surface area contributed by atoms with Crippen molar-refractivity contribution in [2.75, 3.05) is 40.3 Å². The van der Waals surface area contributed by atoms with Crippen LogP contribution >= 0.6 is 0 Å². The van der Waals surface area contributed by atoms with E-state index < -0.39 is 0 Å². The Labute approximate surface area is 155 Å². The van der Waals surface area contributed by atoms with Crippen molar-refractivity contribution in [2.45, 2.75) is 31.3 Å². The first-order valence-electron chi connectivity index (χ1n) is 9.56. The van der Waals surface area contributed by atoms with Gasteiger partial charge in [0.15, 0.2) is 0 Å². The van der Waals surface area contributed by atoms with Gasteiger partial charge in [0.2, 0.25) is 5.91 Å². The fraction of sp³-hybridized carbons (Fsp3) is 0.600. The van der Waals surface area contributed by atoms with Crippen LogP contribution in [0, 0.1) is 0 Å². The molecule has 1 aromatic carbocycles. The molecule has 4 rings (SSSR count). The first kappa shape index (κ1) is 17.5. The SMILES string of the molecule is CN1CCC2(CCC1=O)CN(Cc1nc3ccccc3n1C)CCN2C. The molecule has 1 aromatic heterocycles. The number of benzene rings is 1. The highest BCUT2D eigenvalue weighted by Crippen LogP contribution is 2.32. The van der Waals surface area contributed by atoms with Crippen LogP contribution in [0.25, 0.3) is 11.0 Å². The minimum atomic E-state index is 0.100. The van der Waals surface area contributed by atoms with E-state index >= 15 is 0 Å². The summed E-state index contributed by atoms with van der Waals surface area (Å²) >= 11 is 0. The number of imidazole rings is 1. The molecule has 2 aromatic rings. The van der Waals surface area contributed by atoms with E-state index in [2.05, 4.69) is 46.7 Å². The summed E-state index contributed by atoms with van der Waals surface area (Å²) in [6, 6.07) is 8.32. The zero-order chi connectivity index (χ0) is 18.3. The van der Waals surface area contributed by atoms with E-state index in [0.29, 0.717) is 6.42 Å². The maximum Gasteiger partial charge on any atom is 0.222 e. The highest BCUT2D eigenvalue weighted by atomic mass is 16.2. The quantitative estimate of drug-likeness (QED) is 0.823. The summed E-state index contributed by atoms with van der Waals surface area (Å²) in [4.78, 5) is 23.9. The number of hydrogen-bond acceptors (Lipinski definition) is 4. The molecule has 2 aliphatic rings. The number of piperazine rings is 1. The minimum Gasteiger partial charge on any atom is -0.346 e. The van der Waals surface area contributed by atoms with Gasteiger partial charge in [0.25, 0.3) is 0 Å². The van der Waals surface area contributed by atoms with Crippen LogP contribution in [0.1, 0.15) is 25.1 Å². The monoisotopic (exact) mass is 355 g/mol. The molecule has 1 spiro atoms. The van der Waals surface area contributed by atoms with Gasteiger partial charge in [-0.25, -0.2) is 4.98 Å². The summed E-state index contributed by atoms with van der Waals surface area (Å²) in [5.41, 5.74) is 2.35. The van der Waals surface area contributed by atoms with Gasteiger partial charge in [-0.1, -0.05) is 12.1 Å². The number of aryl methyl sites for hydroxylation is 1. The van der Waals surface area contributed by atoms with E-state index in [1.165, 1.54) is 5.52 Å². The largest absolute Gasteiger partial charge is 0.346 e. The molecule has 2 aliphatic heterocycles. The molecule has 0 saturated carbocycles. The Morgan fingerprint density at radius 2 is 1.88 bits per heavy atom. The van der Waals surface area contributed by atoms with Gasteiger partial charge in [0.1, 0.15) is 5.82 Å². The molecule has 0 bridgehead atoms. The van der Waals surface area contributed by atoms with Gasteiger partial charge in [0.05, 0.1) is 17.6 Å². The number of fused-ring (bicyclic) bond motifs is 1. The molecule has 0 N–H and O–H groups in total. The standard InChI is InChI=1S/C20H29N5O/c1-22-11-10-20(9-8-19(22)26)15-25(13-12-23(20)2)14-18-21-16-6-4-5-7-17(16)24(18)3/h4-7H,8-15H2,1-3H3. The second-order valence-corrected chi connectivity index (χ2v) is 8.00. The minimum absolute atomic E-state index is 0.100. The molecule has 1 amide bonds. The second kappa shape index (κ2) is 6.67. The van der Waals surface area contributed by atoms with Crippen molar-refractivity contribution in [3.8, 4) is 0 Å². The summed E-state index contributed by atoms with van der Waals surface area (Å²) in [5, 5.41) is 0. The molecule has 140 valence electrons. The predicted octanol–water partition coefficient (Wildman–Crippen LogP) is 1.70. The van der Waals surface area contributed by atoms with Crippen molar-refractivity contribution in [1.82, 2.24) is 24.3 Å². The van der Waals surface area contributed by atoms with Crippen molar-refractivity contribution < 1.29 is 4.79 Å². The number of nitrogens with zero attached hydrogens (tertiary/aromatic N) is 5. The Bertz CT molecular complexity index is 816. The zero-order valence-electron chi connectivity index (χ0n) is 16.1. The number of para-hydroxylation sites is 2. The second-order valence-electron chi connectivity index (χ2n) is 8.00. The molecule has 2 saturated heterocycles. The average molecular weight is 355 g/mol. The van der Waals surface area contributed by atoms with E-state index in [1.807, 2.05) is 18.0 Å². The summed E-state index contributed by atoms with van der Waals surface area (Å²) in [5.74, 6) is 1.40. The Hall–Kier alpha value is -1.92. The first-order chi connectivity index (χ1) is 12.5. The average Bonchev–Trinajstić information content (AvgIpc) is 2.88. The maximum absolute atomic E-state index is 12.1. The molecule has 26 heavy (non-hydrogen) atoms. The molecule has 6 nitrogen and oxygen atoms in total. The number of likely N-dealkylation sites (tertiary alicyclic amines) is 1. The molecular weight excluding hydrogens is 326 g/mol. The van der Waals surface area contributed by atoms with Crippen LogP contribution in [0.2, 0.25) is 0 Å².